The third-order valence-corrected chi connectivity index (χ3v) is 2.77. The average molecular weight is 241 g/mol. The number of benzene rings is 1. The van der Waals surface area contributed by atoms with E-state index in [4.69, 9.17) is 5.73 Å². The molecule has 0 saturated carbocycles. The van der Waals surface area contributed by atoms with E-state index in [1.54, 1.807) is 12.1 Å². The number of aryl methyl sites for hydroxylation is 2. The Hall–Kier alpha value is -2.36. The lowest BCUT2D eigenvalue weighted by Gasteiger charge is -2.11. The van der Waals surface area contributed by atoms with Crippen LogP contribution in [0, 0.1) is 13.8 Å². The van der Waals surface area contributed by atoms with Gasteiger partial charge in [0.05, 0.1) is 5.56 Å². The number of anilines is 2. The zero-order valence-electron chi connectivity index (χ0n) is 10.4. The van der Waals surface area contributed by atoms with Crippen LogP contribution in [-0.2, 0) is 0 Å². The first-order valence-electron chi connectivity index (χ1n) is 5.67. The number of nitrogens with one attached hydrogen (secondary N) is 1. The standard InChI is InChI=1S/C14H15N3O/c1-9-4-3-5-10(2)13(9)17-14(18)11-6-7-12(15)16-8-11/h3-8H,1-2H3,(H2,15,16)(H,17,18). The number of carbonyl (C=O) groups is 1. The average Bonchev–Trinajstić information content (AvgIpc) is 2.34. The van der Waals surface area contributed by atoms with Gasteiger partial charge in [-0.1, -0.05) is 18.2 Å². The first-order valence-corrected chi connectivity index (χ1v) is 5.67. The molecule has 92 valence electrons. The molecule has 0 aliphatic carbocycles. The number of rotatable bonds is 2. The summed E-state index contributed by atoms with van der Waals surface area (Å²) in [4.78, 5) is 15.9. The summed E-state index contributed by atoms with van der Waals surface area (Å²) in [6, 6.07) is 9.16. The summed E-state index contributed by atoms with van der Waals surface area (Å²) in [6.45, 7) is 3.92. The molecule has 3 N–H and O–H groups in total. The van der Waals surface area contributed by atoms with Gasteiger partial charge in [-0.2, -0.15) is 0 Å². The highest BCUT2D eigenvalue weighted by molar-refractivity contribution is 6.04. The van der Waals surface area contributed by atoms with Crippen LogP contribution in [0.5, 0.6) is 0 Å². The van der Waals surface area contributed by atoms with Crippen LogP contribution in [0.15, 0.2) is 36.5 Å². The van der Waals surface area contributed by atoms with Crippen LogP contribution in [0.25, 0.3) is 0 Å². The largest absolute Gasteiger partial charge is 0.384 e. The van der Waals surface area contributed by atoms with Gasteiger partial charge < -0.3 is 11.1 Å². The van der Waals surface area contributed by atoms with E-state index in [1.165, 1.54) is 6.20 Å². The second-order valence-electron chi connectivity index (χ2n) is 4.19. The smallest absolute Gasteiger partial charge is 0.257 e. The summed E-state index contributed by atoms with van der Waals surface area (Å²) >= 11 is 0. The normalized spacial score (nSPS) is 10.1. The molecule has 0 radical (unpaired) electrons. The first kappa shape index (κ1) is 12.1. The van der Waals surface area contributed by atoms with E-state index in [0.717, 1.165) is 16.8 Å². The Morgan fingerprint density at radius 2 is 1.83 bits per heavy atom. The van der Waals surface area contributed by atoms with E-state index in [9.17, 15) is 4.79 Å². The first-order chi connectivity index (χ1) is 8.58. The maximum Gasteiger partial charge on any atom is 0.257 e. The number of nitrogen functional groups attached to an aromatic ring is 1. The summed E-state index contributed by atoms with van der Waals surface area (Å²) < 4.78 is 0. The van der Waals surface area contributed by atoms with Crippen molar-refractivity contribution in [2.24, 2.45) is 0 Å². The molecule has 1 amide bonds. The van der Waals surface area contributed by atoms with Gasteiger partial charge >= 0.3 is 0 Å². The molecule has 0 aliphatic heterocycles. The molecule has 1 aromatic heterocycles. The number of hydrogen-bond acceptors (Lipinski definition) is 3. The maximum atomic E-state index is 12.0. The maximum absolute atomic E-state index is 12.0. The van der Waals surface area contributed by atoms with Crippen molar-refractivity contribution in [3.63, 3.8) is 0 Å². The molecule has 18 heavy (non-hydrogen) atoms. The number of para-hydroxylation sites is 1. The Kier molecular flexibility index (Phi) is 3.28. The van der Waals surface area contributed by atoms with Crippen LogP contribution in [0.4, 0.5) is 11.5 Å². The van der Waals surface area contributed by atoms with E-state index in [2.05, 4.69) is 10.3 Å². The van der Waals surface area contributed by atoms with E-state index < -0.39 is 0 Å². The molecule has 0 aliphatic rings. The van der Waals surface area contributed by atoms with Gasteiger partial charge in [-0.05, 0) is 37.1 Å². The van der Waals surface area contributed by atoms with Crippen LogP contribution in [-0.4, -0.2) is 10.9 Å². The molecule has 2 aromatic rings. The highest BCUT2D eigenvalue weighted by Crippen LogP contribution is 2.20. The highest BCUT2D eigenvalue weighted by Gasteiger charge is 2.09. The Balaban J connectivity index is 2.24. The quantitative estimate of drug-likeness (QED) is 0.849. The molecule has 0 fully saturated rings. The monoisotopic (exact) mass is 241 g/mol. The number of hydrogen-bond donors (Lipinski definition) is 2. The molecule has 0 bridgehead atoms. The lowest BCUT2D eigenvalue weighted by molar-refractivity contribution is 0.102. The molecule has 1 heterocycles. The molecular formula is C14H15N3O. The molecular weight excluding hydrogens is 226 g/mol. The fourth-order valence-corrected chi connectivity index (χ4v) is 1.74. The highest BCUT2D eigenvalue weighted by atomic mass is 16.1. The Morgan fingerprint density at radius 1 is 1.17 bits per heavy atom. The SMILES string of the molecule is Cc1cccc(C)c1NC(=O)c1ccc(N)nc1. The van der Waals surface area contributed by atoms with E-state index >= 15 is 0 Å². The fraction of sp³-hybridized carbons (Fsp3) is 0.143. The van der Waals surface area contributed by atoms with Crippen molar-refractivity contribution in [3.05, 3.63) is 53.2 Å². The van der Waals surface area contributed by atoms with Gasteiger partial charge in [0.25, 0.3) is 5.91 Å². The third-order valence-electron chi connectivity index (χ3n) is 2.77. The van der Waals surface area contributed by atoms with Crippen molar-refractivity contribution in [3.8, 4) is 0 Å². The lowest BCUT2D eigenvalue weighted by atomic mass is 10.1. The summed E-state index contributed by atoms with van der Waals surface area (Å²) in [5, 5.41) is 2.89. The number of nitrogens with two attached hydrogens (primary N) is 1. The van der Waals surface area contributed by atoms with Crippen molar-refractivity contribution < 1.29 is 4.79 Å². The minimum Gasteiger partial charge on any atom is -0.384 e. The van der Waals surface area contributed by atoms with Gasteiger partial charge in [0.2, 0.25) is 0 Å². The van der Waals surface area contributed by atoms with Crippen molar-refractivity contribution in [1.29, 1.82) is 0 Å². The van der Waals surface area contributed by atoms with Crippen LogP contribution in [0.3, 0.4) is 0 Å². The lowest BCUT2D eigenvalue weighted by Crippen LogP contribution is -2.14. The van der Waals surface area contributed by atoms with Gasteiger partial charge in [-0.15, -0.1) is 0 Å². The van der Waals surface area contributed by atoms with Crippen molar-refractivity contribution in [2.45, 2.75) is 13.8 Å². The molecule has 2 rings (SSSR count). The molecule has 4 nitrogen and oxygen atoms in total. The Bertz CT molecular complexity index is 556. The van der Waals surface area contributed by atoms with Crippen LogP contribution >= 0.6 is 0 Å². The summed E-state index contributed by atoms with van der Waals surface area (Å²) in [7, 11) is 0. The zero-order chi connectivity index (χ0) is 13.1. The van der Waals surface area contributed by atoms with Crippen molar-refractivity contribution in [2.75, 3.05) is 11.1 Å². The predicted molar refractivity (Wildman–Crippen MR) is 72.5 cm³/mol. The molecule has 1 aromatic carbocycles. The minimum atomic E-state index is -0.181. The van der Waals surface area contributed by atoms with E-state index in [1.807, 2.05) is 32.0 Å². The number of aromatic nitrogens is 1. The topological polar surface area (TPSA) is 68.0 Å². The second-order valence-corrected chi connectivity index (χ2v) is 4.19. The van der Waals surface area contributed by atoms with Gasteiger partial charge in [0.15, 0.2) is 0 Å². The second kappa shape index (κ2) is 4.87. The van der Waals surface area contributed by atoms with Gasteiger partial charge in [0, 0.05) is 11.9 Å². The summed E-state index contributed by atoms with van der Waals surface area (Å²) in [5.41, 5.74) is 8.89. The molecule has 0 unspecified atom stereocenters. The number of amides is 1. The predicted octanol–water partition coefficient (Wildman–Crippen LogP) is 2.53. The molecule has 0 atom stereocenters. The van der Waals surface area contributed by atoms with Crippen LogP contribution < -0.4 is 11.1 Å². The Morgan fingerprint density at radius 3 is 2.39 bits per heavy atom. The Labute approximate surface area is 106 Å². The van der Waals surface area contributed by atoms with Crippen LogP contribution in [0.2, 0.25) is 0 Å². The molecule has 0 spiro atoms. The van der Waals surface area contributed by atoms with Gasteiger partial charge in [-0.3, -0.25) is 4.79 Å². The number of pyridine rings is 1. The minimum absolute atomic E-state index is 0.181. The molecule has 0 saturated heterocycles. The number of nitrogens with zero attached hydrogens (tertiary/aromatic N) is 1. The van der Waals surface area contributed by atoms with Gasteiger partial charge in [0.1, 0.15) is 5.82 Å². The summed E-state index contributed by atoms with van der Waals surface area (Å²) in [6.07, 6.45) is 1.47. The van der Waals surface area contributed by atoms with Crippen molar-refractivity contribution >= 4 is 17.4 Å². The van der Waals surface area contributed by atoms with Gasteiger partial charge in [-0.25, -0.2) is 4.98 Å². The molecule has 4 heteroatoms. The van der Waals surface area contributed by atoms with Crippen molar-refractivity contribution in [1.82, 2.24) is 4.98 Å². The van der Waals surface area contributed by atoms with Crippen LogP contribution in [0.1, 0.15) is 21.5 Å². The third kappa shape index (κ3) is 2.48. The summed E-state index contributed by atoms with van der Waals surface area (Å²) in [5.74, 6) is 0.221. The van der Waals surface area contributed by atoms with E-state index in [0.29, 0.717) is 11.4 Å². The fourth-order valence-electron chi connectivity index (χ4n) is 1.74. The number of carbonyl (C=O) groups excluding carboxylic acids is 1. The zero-order valence-corrected chi connectivity index (χ0v) is 10.4. The van der Waals surface area contributed by atoms with E-state index in [-0.39, 0.29) is 5.91 Å².